The van der Waals surface area contributed by atoms with Gasteiger partial charge in [-0.15, -0.1) is 24.2 Å². The Labute approximate surface area is 145 Å². The van der Waals surface area contributed by atoms with E-state index in [1.54, 1.807) is 0 Å². The molecule has 1 saturated heterocycles. The highest BCUT2D eigenvalue weighted by Crippen LogP contribution is 2.21. The third-order valence-electron chi connectivity index (χ3n) is 3.31. The van der Waals surface area contributed by atoms with Crippen molar-refractivity contribution in [1.29, 1.82) is 0 Å². The summed E-state index contributed by atoms with van der Waals surface area (Å²) in [6.45, 7) is 3.73. The summed E-state index contributed by atoms with van der Waals surface area (Å²) < 4.78 is 1.10. The van der Waals surface area contributed by atoms with Crippen LogP contribution in [0.5, 0.6) is 0 Å². The van der Waals surface area contributed by atoms with E-state index in [1.165, 1.54) is 4.90 Å². The lowest BCUT2D eigenvalue weighted by Crippen LogP contribution is -2.34. The minimum Gasteiger partial charge on any atom is -0.341 e. The van der Waals surface area contributed by atoms with E-state index in [0.29, 0.717) is 12.3 Å². The fourth-order valence-electron chi connectivity index (χ4n) is 2.20. The van der Waals surface area contributed by atoms with E-state index in [0.717, 1.165) is 49.2 Å². The highest BCUT2D eigenvalue weighted by atomic mass is 79.9. The third-order valence-corrected chi connectivity index (χ3v) is 4.94. The molecule has 1 amide bonds. The molecule has 3 nitrogen and oxygen atoms in total. The van der Waals surface area contributed by atoms with Crippen LogP contribution in [0.1, 0.15) is 19.3 Å². The number of carbonyl (C=O) groups is 1. The Balaban J connectivity index is 0.00000220. The summed E-state index contributed by atoms with van der Waals surface area (Å²) >= 11 is 5.25. The van der Waals surface area contributed by atoms with Crippen molar-refractivity contribution in [2.45, 2.75) is 24.2 Å². The van der Waals surface area contributed by atoms with Gasteiger partial charge in [-0.3, -0.25) is 4.79 Å². The molecule has 1 heterocycles. The lowest BCUT2D eigenvalue weighted by atomic mass is 10.3. The Kier molecular flexibility index (Phi) is 9.40. The molecule has 1 aromatic rings. The first-order valence-electron chi connectivity index (χ1n) is 7.12. The average molecular weight is 394 g/mol. The van der Waals surface area contributed by atoms with Crippen molar-refractivity contribution >= 4 is 46.0 Å². The first-order valence-corrected chi connectivity index (χ1v) is 8.90. The topological polar surface area (TPSA) is 32.3 Å². The van der Waals surface area contributed by atoms with Crippen LogP contribution in [0.4, 0.5) is 0 Å². The molecule has 1 fully saturated rings. The van der Waals surface area contributed by atoms with Crippen LogP contribution in [0.15, 0.2) is 33.6 Å². The number of amides is 1. The fraction of sp³-hybridized carbons (Fsp3) is 0.533. The van der Waals surface area contributed by atoms with Crippen molar-refractivity contribution in [1.82, 2.24) is 10.2 Å². The maximum absolute atomic E-state index is 12.1. The van der Waals surface area contributed by atoms with Gasteiger partial charge in [0.2, 0.25) is 5.91 Å². The Hall–Kier alpha value is -0.230. The summed E-state index contributed by atoms with van der Waals surface area (Å²) in [7, 11) is 0. The molecule has 21 heavy (non-hydrogen) atoms. The number of thioether (sulfide) groups is 1. The zero-order valence-corrected chi connectivity index (χ0v) is 15.2. The predicted molar refractivity (Wildman–Crippen MR) is 95.4 cm³/mol. The fourth-order valence-corrected chi connectivity index (χ4v) is 3.31. The van der Waals surface area contributed by atoms with Gasteiger partial charge < -0.3 is 10.2 Å². The van der Waals surface area contributed by atoms with Gasteiger partial charge in [0.15, 0.2) is 0 Å². The van der Waals surface area contributed by atoms with Crippen molar-refractivity contribution in [3.63, 3.8) is 0 Å². The molecule has 1 aromatic carbocycles. The molecule has 0 bridgehead atoms. The van der Waals surface area contributed by atoms with Crippen LogP contribution in [-0.2, 0) is 4.79 Å². The minimum absolute atomic E-state index is 0. The van der Waals surface area contributed by atoms with Gasteiger partial charge in [-0.2, -0.15) is 0 Å². The summed E-state index contributed by atoms with van der Waals surface area (Å²) in [5.74, 6) is 1.31. The Morgan fingerprint density at radius 1 is 1.24 bits per heavy atom. The summed E-state index contributed by atoms with van der Waals surface area (Å²) in [5, 5.41) is 3.32. The summed E-state index contributed by atoms with van der Waals surface area (Å²) in [6, 6.07) is 8.32. The molecule has 2 rings (SSSR count). The van der Waals surface area contributed by atoms with Crippen LogP contribution in [0.2, 0.25) is 0 Å². The van der Waals surface area contributed by atoms with Gasteiger partial charge in [0.25, 0.3) is 0 Å². The van der Waals surface area contributed by atoms with Crippen molar-refractivity contribution < 1.29 is 4.79 Å². The Bertz CT molecular complexity index is 422. The zero-order valence-electron chi connectivity index (χ0n) is 12.0. The SMILES string of the molecule is Cl.O=C(CCCSc1ccc(Br)cc1)N1CCCNCC1. The van der Waals surface area contributed by atoms with Crippen molar-refractivity contribution in [3.8, 4) is 0 Å². The van der Waals surface area contributed by atoms with Gasteiger partial charge >= 0.3 is 0 Å². The van der Waals surface area contributed by atoms with E-state index in [-0.39, 0.29) is 12.4 Å². The molecular weight excluding hydrogens is 372 g/mol. The minimum atomic E-state index is 0. The molecule has 1 aliphatic heterocycles. The molecule has 6 heteroatoms. The number of halogens is 2. The largest absolute Gasteiger partial charge is 0.341 e. The highest BCUT2D eigenvalue weighted by Gasteiger charge is 2.14. The zero-order chi connectivity index (χ0) is 14.2. The summed E-state index contributed by atoms with van der Waals surface area (Å²) in [6.07, 6.45) is 2.69. The lowest BCUT2D eigenvalue weighted by Gasteiger charge is -2.19. The molecule has 118 valence electrons. The van der Waals surface area contributed by atoms with E-state index in [4.69, 9.17) is 0 Å². The molecule has 0 spiro atoms. The number of hydrogen-bond donors (Lipinski definition) is 1. The van der Waals surface area contributed by atoms with Crippen molar-refractivity contribution in [3.05, 3.63) is 28.7 Å². The number of carbonyl (C=O) groups excluding carboxylic acids is 1. The van der Waals surface area contributed by atoms with Crippen LogP contribution in [0.25, 0.3) is 0 Å². The van der Waals surface area contributed by atoms with Crippen molar-refractivity contribution in [2.75, 3.05) is 31.9 Å². The van der Waals surface area contributed by atoms with Crippen molar-refractivity contribution in [2.24, 2.45) is 0 Å². The molecular formula is C15H22BrClN2OS. The van der Waals surface area contributed by atoms with E-state index >= 15 is 0 Å². The summed E-state index contributed by atoms with van der Waals surface area (Å²) in [4.78, 5) is 15.4. The van der Waals surface area contributed by atoms with E-state index in [2.05, 4.69) is 45.5 Å². The highest BCUT2D eigenvalue weighted by molar-refractivity contribution is 9.10. The quantitative estimate of drug-likeness (QED) is 0.613. The normalized spacial score (nSPS) is 15.2. The number of nitrogens with one attached hydrogen (secondary N) is 1. The molecule has 0 aliphatic carbocycles. The van der Waals surface area contributed by atoms with Gasteiger partial charge in [-0.25, -0.2) is 0 Å². The second-order valence-electron chi connectivity index (χ2n) is 4.89. The van der Waals surface area contributed by atoms with Crippen LogP contribution < -0.4 is 5.32 Å². The number of hydrogen-bond acceptors (Lipinski definition) is 3. The van der Waals surface area contributed by atoms with Gasteiger partial charge in [-0.05, 0) is 49.4 Å². The monoisotopic (exact) mass is 392 g/mol. The smallest absolute Gasteiger partial charge is 0.222 e. The molecule has 0 unspecified atom stereocenters. The third kappa shape index (κ3) is 7.04. The maximum atomic E-state index is 12.1. The van der Waals surface area contributed by atoms with Crippen LogP contribution in [-0.4, -0.2) is 42.7 Å². The van der Waals surface area contributed by atoms with Crippen LogP contribution in [0, 0.1) is 0 Å². The standard InChI is InChI=1S/C15H21BrN2OS.ClH/c16-13-4-6-14(7-5-13)20-12-1-3-15(19)18-10-2-8-17-9-11-18;/h4-7,17H,1-3,8-12H2;1H. The van der Waals surface area contributed by atoms with E-state index in [1.807, 2.05) is 16.7 Å². The maximum Gasteiger partial charge on any atom is 0.222 e. The second-order valence-corrected chi connectivity index (χ2v) is 6.97. The molecule has 1 aliphatic rings. The van der Waals surface area contributed by atoms with Gasteiger partial charge in [-0.1, -0.05) is 15.9 Å². The molecule has 0 aromatic heterocycles. The molecule has 0 atom stereocenters. The Morgan fingerprint density at radius 2 is 2.00 bits per heavy atom. The predicted octanol–water partition coefficient (Wildman–Crippen LogP) is 3.57. The molecule has 0 saturated carbocycles. The molecule has 1 N–H and O–H groups in total. The number of benzene rings is 1. The average Bonchev–Trinajstić information content (AvgIpc) is 2.74. The van der Waals surface area contributed by atoms with Gasteiger partial charge in [0.1, 0.15) is 0 Å². The first-order chi connectivity index (χ1) is 9.75. The Morgan fingerprint density at radius 3 is 2.76 bits per heavy atom. The summed E-state index contributed by atoms with van der Waals surface area (Å²) in [5.41, 5.74) is 0. The lowest BCUT2D eigenvalue weighted by molar-refractivity contribution is -0.131. The van der Waals surface area contributed by atoms with E-state index < -0.39 is 0 Å². The number of rotatable bonds is 5. The number of nitrogens with zero attached hydrogens (tertiary/aromatic N) is 1. The van der Waals surface area contributed by atoms with Gasteiger partial charge in [0.05, 0.1) is 0 Å². The van der Waals surface area contributed by atoms with E-state index in [9.17, 15) is 4.79 Å². The van der Waals surface area contributed by atoms with Crippen LogP contribution in [0.3, 0.4) is 0 Å². The first kappa shape index (κ1) is 18.8. The van der Waals surface area contributed by atoms with Gasteiger partial charge in [0, 0.05) is 35.4 Å². The second kappa shape index (κ2) is 10.5. The van der Waals surface area contributed by atoms with Crippen LogP contribution >= 0.6 is 40.1 Å². The molecule has 0 radical (unpaired) electrons.